The molecule has 0 fully saturated rings. The summed E-state index contributed by atoms with van der Waals surface area (Å²) in [7, 11) is 0. The average molecular weight is 753 g/mol. The van der Waals surface area contributed by atoms with Crippen molar-refractivity contribution in [3.05, 3.63) is 218 Å². The van der Waals surface area contributed by atoms with E-state index in [4.69, 9.17) is 4.42 Å². The van der Waals surface area contributed by atoms with E-state index in [-0.39, 0.29) is 0 Å². The fourth-order valence-corrected chi connectivity index (χ4v) is 9.27. The van der Waals surface area contributed by atoms with E-state index in [2.05, 4.69) is 216 Å². The zero-order valence-electron chi connectivity index (χ0n) is 32.1. The van der Waals surface area contributed by atoms with Gasteiger partial charge in [0.15, 0.2) is 0 Å². The van der Waals surface area contributed by atoms with Crippen LogP contribution in [0.4, 0.5) is 17.1 Å². The summed E-state index contributed by atoms with van der Waals surface area (Å²) in [5, 5.41) is 9.67. The third-order valence-corrected chi connectivity index (χ3v) is 12.0. The fourth-order valence-electron chi connectivity index (χ4n) is 9.27. The van der Waals surface area contributed by atoms with E-state index < -0.39 is 0 Å². The van der Waals surface area contributed by atoms with Crippen LogP contribution in [0.1, 0.15) is 0 Å². The number of hydrogen-bond acceptors (Lipinski definition) is 2. The van der Waals surface area contributed by atoms with Crippen molar-refractivity contribution in [3.63, 3.8) is 0 Å². The molecule has 0 aliphatic heterocycles. The van der Waals surface area contributed by atoms with Gasteiger partial charge in [-0.1, -0.05) is 146 Å². The van der Waals surface area contributed by atoms with Gasteiger partial charge in [-0.2, -0.15) is 0 Å². The Hall–Kier alpha value is -7.88. The van der Waals surface area contributed by atoms with Gasteiger partial charge in [0, 0.05) is 44.2 Å². The van der Waals surface area contributed by atoms with Crippen molar-refractivity contribution in [3.8, 4) is 27.9 Å². The molecular weight excluding hydrogens is 717 g/mol. The fraction of sp³-hybridized carbons (Fsp3) is 0. The first-order valence-electron chi connectivity index (χ1n) is 20.2. The predicted molar refractivity (Wildman–Crippen MR) is 249 cm³/mol. The first kappa shape index (κ1) is 33.3. The summed E-state index contributed by atoms with van der Waals surface area (Å²) in [5.41, 5.74) is 13.1. The molecule has 12 aromatic rings. The first-order valence-corrected chi connectivity index (χ1v) is 20.2. The normalized spacial score (nSPS) is 11.7. The van der Waals surface area contributed by atoms with Crippen molar-refractivity contribution in [2.24, 2.45) is 0 Å². The third-order valence-electron chi connectivity index (χ3n) is 12.0. The minimum absolute atomic E-state index is 0.872. The molecule has 276 valence electrons. The van der Waals surface area contributed by atoms with Crippen LogP contribution in [0.5, 0.6) is 0 Å². The van der Waals surface area contributed by atoms with Crippen LogP contribution in [0.2, 0.25) is 0 Å². The molecule has 3 heteroatoms. The summed E-state index contributed by atoms with van der Waals surface area (Å²) in [6.07, 6.45) is 0. The second-order valence-electron chi connectivity index (χ2n) is 15.3. The number of anilines is 3. The maximum Gasteiger partial charge on any atom is 0.135 e. The first-order chi connectivity index (χ1) is 29.3. The highest BCUT2D eigenvalue weighted by Crippen LogP contribution is 2.46. The van der Waals surface area contributed by atoms with E-state index in [0.29, 0.717) is 0 Å². The van der Waals surface area contributed by atoms with Crippen LogP contribution in [-0.2, 0) is 0 Å². The van der Waals surface area contributed by atoms with Crippen LogP contribution < -0.4 is 4.90 Å². The Kier molecular flexibility index (Phi) is 7.54. The SMILES string of the molecule is c1ccc(-c2ccc(-c3cc4ccccc4c4ccccc34)cc2N(c2ccc(-n3c4ccccc4c4ccccc43)cc2)c2ccc3oc4ccccc4c3c2)cc1. The van der Waals surface area contributed by atoms with Crippen LogP contribution in [0.15, 0.2) is 223 Å². The molecule has 3 nitrogen and oxygen atoms in total. The standard InChI is InChI=1S/C56H36N2O/c1-2-14-37(15-3-1)44-32-26-39(50-34-38-16-4-5-17-43(38)45-18-6-7-19-46(45)50)35-54(44)57(42-31-33-56-51(36-42)49-22-10-13-25-55(49)59-56)40-27-29-41(30-28-40)58-52-23-11-8-20-47(52)48-21-9-12-24-53(48)58/h1-36H. The number of nitrogens with zero attached hydrogens (tertiary/aromatic N) is 2. The molecule has 0 bridgehead atoms. The molecule has 0 saturated heterocycles. The predicted octanol–water partition coefficient (Wildman–Crippen LogP) is 15.8. The molecular formula is C56H36N2O. The molecule has 0 saturated carbocycles. The molecule has 12 rings (SSSR count). The zero-order chi connectivity index (χ0) is 38.9. The Balaban J connectivity index is 1.12. The molecule has 0 aliphatic rings. The van der Waals surface area contributed by atoms with Gasteiger partial charge < -0.3 is 13.9 Å². The lowest BCUT2D eigenvalue weighted by molar-refractivity contribution is 0.669. The van der Waals surface area contributed by atoms with Gasteiger partial charge in [-0.15, -0.1) is 0 Å². The molecule has 2 heterocycles. The van der Waals surface area contributed by atoms with Gasteiger partial charge in [0.2, 0.25) is 0 Å². The Morgan fingerprint density at radius 1 is 0.339 bits per heavy atom. The molecule has 59 heavy (non-hydrogen) atoms. The lowest BCUT2D eigenvalue weighted by atomic mass is 9.91. The van der Waals surface area contributed by atoms with E-state index in [9.17, 15) is 0 Å². The summed E-state index contributed by atoms with van der Waals surface area (Å²) < 4.78 is 8.73. The van der Waals surface area contributed by atoms with Gasteiger partial charge in [-0.25, -0.2) is 0 Å². The molecule has 0 unspecified atom stereocenters. The molecule has 0 spiro atoms. The van der Waals surface area contributed by atoms with Gasteiger partial charge in [0.05, 0.1) is 16.7 Å². The molecule has 0 N–H and O–H groups in total. The van der Waals surface area contributed by atoms with Gasteiger partial charge in [0.25, 0.3) is 0 Å². The molecule has 2 aromatic heterocycles. The van der Waals surface area contributed by atoms with Crippen molar-refractivity contribution in [2.75, 3.05) is 4.90 Å². The average Bonchev–Trinajstić information content (AvgIpc) is 3.85. The van der Waals surface area contributed by atoms with Crippen molar-refractivity contribution in [2.45, 2.75) is 0 Å². The third kappa shape index (κ3) is 5.36. The second-order valence-corrected chi connectivity index (χ2v) is 15.3. The largest absolute Gasteiger partial charge is 0.456 e. The highest BCUT2D eigenvalue weighted by atomic mass is 16.3. The minimum atomic E-state index is 0.872. The van der Waals surface area contributed by atoms with Gasteiger partial charge in [-0.05, 0) is 111 Å². The number of hydrogen-bond donors (Lipinski definition) is 0. The lowest BCUT2D eigenvalue weighted by Crippen LogP contribution is -2.11. The highest BCUT2D eigenvalue weighted by molar-refractivity contribution is 6.14. The molecule has 0 amide bonds. The van der Waals surface area contributed by atoms with Crippen LogP contribution >= 0.6 is 0 Å². The summed E-state index contributed by atoms with van der Waals surface area (Å²) in [6, 6.07) is 78.9. The van der Waals surface area contributed by atoms with Gasteiger partial charge >= 0.3 is 0 Å². The Morgan fingerprint density at radius 2 is 0.932 bits per heavy atom. The Bertz CT molecular complexity index is 3500. The molecule has 10 aromatic carbocycles. The van der Waals surface area contributed by atoms with E-state index in [1.54, 1.807) is 0 Å². The number of furan rings is 1. The maximum atomic E-state index is 6.35. The minimum Gasteiger partial charge on any atom is -0.456 e. The summed E-state index contributed by atoms with van der Waals surface area (Å²) in [4.78, 5) is 2.42. The van der Waals surface area contributed by atoms with Gasteiger partial charge in [0.1, 0.15) is 11.2 Å². The summed E-state index contributed by atoms with van der Waals surface area (Å²) >= 11 is 0. The van der Waals surface area contributed by atoms with E-state index in [1.807, 2.05) is 12.1 Å². The van der Waals surface area contributed by atoms with E-state index in [0.717, 1.165) is 61.4 Å². The smallest absolute Gasteiger partial charge is 0.135 e. The van der Waals surface area contributed by atoms with Crippen molar-refractivity contribution >= 4 is 82.4 Å². The zero-order valence-corrected chi connectivity index (χ0v) is 32.1. The van der Waals surface area contributed by atoms with Crippen molar-refractivity contribution in [1.82, 2.24) is 4.57 Å². The lowest BCUT2D eigenvalue weighted by Gasteiger charge is -2.29. The number of para-hydroxylation sites is 3. The summed E-state index contributed by atoms with van der Waals surface area (Å²) in [5.74, 6) is 0. The van der Waals surface area contributed by atoms with E-state index in [1.165, 1.54) is 48.9 Å². The van der Waals surface area contributed by atoms with Crippen LogP contribution in [-0.4, -0.2) is 4.57 Å². The molecule has 0 radical (unpaired) electrons. The van der Waals surface area contributed by atoms with Crippen LogP contribution in [0, 0.1) is 0 Å². The second kappa shape index (κ2) is 13.4. The van der Waals surface area contributed by atoms with E-state index >= 15 is 0 Å². The number of aromatic nitrogens is 1. The van der Waals surface area contributed by atoms with Crippen LogP contribution in [0.3, 0.4) is 0 Å². The van der Waals surface area contributed by atoms with Crippen molar-refractivity contribution < 1.29 is 4.42 Å². The Labute approximate surface area is 341 Å². The number of rotatable bonds is 6. The molecule has 0 atom stereocenters. The summed E-state index contributed by atoms with van der Waals surface area (Å²) in [6.45, 7) is 0. The number of fused-ring (bicyclic) bond motifs is 9. The Morgan fingerprint density at radius 3 is 1.69 bits per heavy atom. The van der Waals surface area contributed by atoms with Crippen molar-refractivity contribution in [1.29, 1.82) is 0 Å². The highest BCUT2D eigenvalue weighted by Gasteiger charge is 2.22. The van der Waals surface area contributed by atoms with Gasteiger partial charge in [-0.3, -0.25) is 0 Å². The quantitative estimate of drug-likeness (QED) is 0.158. The monoisotopic (exact) mass is 752 g/mol. The topological polar surface area (TPSA) is 21.3 Å². The number of benzene rings is 10. The molecule has 0 aliphatic carbocycles. The maximum absolute atomic E-state index is 6.35. The van der Waals surface area contributed by atoms with Crippen LogP contribution in [0.25, 0.3) is 93.2 Å².